The highest BCUT2D eigenvalue weighted by molar-refractivity contribution is 9.10. The van der Waals surface area contributed by atoms with Gasteiger partial charge in [-0.3, -0.25) is 4.79 Å². The number of carbonyl (C=O) groups is 2. The van der Waals surface area contributed by atoms with Gasteiger partial charge in [0.1, 0.15) is 4.83 Å². The minimum Gasteiger partial charge on any atom is -0.463 e. The third kappa shape index (κ3) is 1.85. The summed E-state index contributed by atoms with van der Waals surface area (Å²) in [6.07, 6.45) is 1.27. The molecule has 1 heterocycles. The van der Waals surface area contributed by atoms with Crippen LogP contribution >= 0.6 is 15.9 Å². The normalized spacial score (nSPS) is 24.7. The molecule has 5 heteroatoms. The lowest BCUT2D eigenvalue weighted by Gasteiger charge is -2.24. The number of amides is 1. The zero-order chi connectivity index (χ0) is 9.14. The Kier molecular flexibility index (Phi) is 2.86. The van der Waals surface area contributed by atoms with Crippen molar-refractivity contribution in [3.05, 3.63) is 11.8 Å². The van der Waals surface area contributed by atoms with Crippen LogP contribution in [0.3, 0.4) is 0 Å². The Morgan fingerprint density at radius 1 is 1.83 bits per heavy atom. The highest BCUT2D eigenvalue weighted by Gasteiger charge is 2.31. The molecular weight excluding hydrogens is 226 g/mol. The van der Waals surface area contributed by atoms with Crippen LogP contribution in [-0.4, -0.2) is 23.3 Å². The van der Waals surface area contributed by atoms with E-state index in [1.807, 2.05) is 0 Å². The van der Waals surface area contributed by atoms with Crippen LogP contribution in [0.5, 0.6) is 0 Å². The average molecular weight is 234 g/mol. The number of esters is 1. The van der Waals surface area contributed by atoms with E-state index in [1.54, 1.807) is 6.92 Å². The lowest BCUT2D eigenvalue weighted by atomic mass is 10.1. The van der Waals surface area contributed by atoms with E-state index >= 15 is 0 Å². The number of β-lactam (4-membered cyclic amide) rings is 1. The van der Waals surface area contributed by atoms with E-state index in [2.05, 4.69) is 26.0 Å². The van der Waals surface area contributed by atoms with Gasteiger partial charge in [-0.05, 0) is 6.92 Å². The maximum Gasteiger partial charge on any atom is 0.332 e. The number of halogens is 1. The molecule has 1 saturated heterocycles. The summed E-state index contributed by atoms with van der Waals surface area (Å²) < 4.78 is 4.64. The molecule has 1 aliphatic heterocycles. The molecule has 0 spiro atoms. The summed E-state index contributed by atoms with van der Waals surface area (Å²) in [6.45, 7) is 2.06. The predicted molar refractivity (Wildman–Crippen MR) is 45.6 cm³/mol. The zero-order valence-corrected chi connectivity index (χ0v) is 8.05. The molecule has 0 radical (unpaired) electrons. The van der Waals surface area contributed by atoms with Crippen LogP contribution in [0, 0.1) is 0 Å². The van der Waals surface area contributed by atoms with E-state index in [-0.39, 0.29) is 10.7 Å². The number of carbonyl (C=O) groups excluding carboxylic acids is 2. The predicted octanol–water partition coefficient (Wildman–Crippen LogP) is 0.327. The Labute approximate surface area is 78.1 Å². The van der Waals surface area contributed by atoms with Gasteiger partial charge in [-0.25, -0.2) is 4.79 Å². The van der Waals surface area contributed by atoms with Crippen molar-refractivity contribution in [3.8, 4) is 0 Å². The van der Waals surface area contributed by atoms with Crippen LogP contribution < -0.4 is 5.32 Å². The standard InChI is InChI=1S/C7H8BrNO3/c1-2-12-5(10)3-4-6(8)7(11)9-4/h3,6H,2H2,1H3,(H,9,11)/b4-3-. The summed E-state index contributed by atoms with van der Waals surface area (Å²) in [4.78, 5) is 21.1. The van der Waals surface area contributed by atoms with Crippen molar-refractivity contribution in [2.75, 3.05) is 6.61 Å². The number of hydrogen-bond donors (Lipinski definition) is 1. The van der Waals surface area contributed by atoms with Crippen molar-refractivity contribution < 1.29 is 14.3 Å². The van der Waals surface area contributed by atoms with Gasteiger partial charge in [-0.1, -0.05) is 15.9 Å². The first-order chi connectivity index (χ1) is 5.65. The summed E-state index contributed by atoms with van der Waals surface area (Å²) in [7, 11) is 0. The van der Waals surface area contributed by atoms with Crippen LogP contribution in [0.4, 0.5) is 0 Å². The van der Waals surface area contributed by atoms with Gasteiger partial charge in [-0.2, -0.15) is 0 Å². The Hall–Kier alpha value is -0.840. The van der Waals surface area contributed by atoms with Gasteiger partial charge >= 0.3 is 5.97 Å². The topological polar surface area (TPSA) is 55.4 Å². The van der Waals surface area contributed by atoms with E-state index in [9.17, 15) is 9.59 Å². The monoisotopic (exact) mass is 233 g/mol. The smallest absolute Gasteiger partial charge is 0.332 e. The quantitative estimate of drug-likeness (QED) is 0.324. The highest BCUT2D eigenvalue weighted by atomic mass is 79.9. The minimum atomic E-state index is -0.433. The molecule has 4 nitrogen and oxygen atoms in total. The first-order valence-electron chi connectivity index (χ1n) is 3.48. The first kappa shape index (κ1) is 9.25. The molecule has 1 fully saturated rings. The molecule has 1 rings (SSSR count). The van der Waals surface area contributed by atoms with Crippen LogP contribution in [0.1, 0.15) is 6.92 Å². The molecular formula is C7H8BrNO3. The molecule has 0 bridgehead atoms. The second kappa shape index (κ2) is 3.71. The minimum absolute atomic E-state index is 0.134. The van der Waals surface area contributed by atoms with E-state index in [4.69, 9.17) is 0 Å². The van der Waals surface area contributed by atoms with Gasteiger partial charge in [0.2, 0.25) is 5.91 Å². The highest BCUT2D eigenvalue weighted by Crippen LogP contribution is 2.18. The largest absolute Gasteiger partial charge is 0.463 e. The summed E-state index contributed by atoms with van der Waals surface area (Å²) in [5, 5.41) is 2.46. The van der Waals surface area contributed by atoms with Crippen LogP contribution in [0.15, 0.2) is 11.8 Å². The Balaban J connectivity index is 2.48. The first-order valence-corrected chi connectivity index (χ1v) is 4.40. The molecule has 1 N–H and O–H groups in total. The molecule has 1 aliphatic rings. The maximum absolute atomic E-state index is 10.8. The average Bonchev–Trinajstić information content (AvgIpc) is 2.04. The second-order valence-electron chi connectivity index (χ2n) is 2.20. The molecule has 0 aromatic rings. The lowest BCUT2D eigenvalue weighted by Crippen LogP contribution is -2.47. The van der Waals surface area contributed by atoms with Gasteiger partial charge in [0.25, 0.3) is 0 Å². The van der Waals surface area contributed by atoms with Crippen LogP contribution in [0.2, 0.25) is 0 Å². The van der Waals surface area contributed by atoms with E-state index < -0.39 is 5.97 Å². The molecule has 1 atom stereocenters. The number of rotatable bonds is 2. The van der Waals surface area contributed by atoms with Crippen molar-refractivity contribution in [2.45, 2.75) is 11.8 Å². The van der Waals surface area contributed by atoms with Crippen molar-refractivity contribution in [1.29, 1.82) is 0 Å². The van der Waals surface area contributed by atoms with Crippen LogP contribution in [-0.2, 0) is 14.3 Å². The third-order valence-electron chi connectivity index (χ3n) is 1.33. The zero-order valence-electron chi connectivity index (χ0n) is 6.46. The summed E-state index contributed by atoms with van der Waals surface area (Å²) in [6, 6.07) is 0. The van der Waals surface area contributed by atoms with Gasteiger partial charge in [0, 0.05) is 11.8 Å². The van der Waals surface area contributed by atoms with Gasteiger partial charge in [0.15, 0.2) is 0 Å². The number of nitrogens with one attached hydrogen (secondary N) is 1. The molecule has 12 heavy (non-hydrogen) atoms. The van der Waals surface area contributed by atoms with E-state index in [0.717, 1.165) is 0 Å². The molecule has 0 aliphatic carbocycles. The SMILES string of the molecule is CCOC(=O)/C=C1\NC(=O)C1Br. The second-order valence-corrected chi connectivity index (χ2v) is 3.12. The molecule has 0 aromatic carbocycles. The summed E-state index contributed by atoms with van der Waals surface area (Å²) >= 11 is 3.08. The fourth-order valence-corrected chi connectivity index (χ4v) is 1.11. The fourth-order valence-electron chi connectivity index (χ4n) is 0.753. The number of alkyl halides is 1. The van der Waals surface area contributed by atoms with E-state index in [0.29, 0.717) is 12.3 Å². The molecule has 0 aromatic heterocycles. The van der Waals surface area contributed by atoms with Crippen molar-refractivity contribution in [3.63, 3.8) is 0 Å². The summed E-state index contributed by atoms with van der Waals surface area (Å²) in [5.74, 6) is -0.567. The van der Waals surface area contributed by atoms with Crippen LogP contribution in [0.25, 0.3) is 0 Å². The Morgan fingerprint density at radius 3 is 2.92 bits per heavy atom. The molecule has 1 unspecified atom stereocenters. The Bertz CT molecular complexity index is 249. The molecule has 66 valence electrons. The third-order valence-corrected chi connectivity index (χ3v) is 2.24. The van der Waals surface area contributed by atoms with Crippen molar-refractivity contribution >= 4 is 27.8 Å². The fraction of sp³-hybridized carbons (Fsp3) is 0.429. The maximum atomic E-state index is 10.8. The molecule has 0 saturated carbocycles. The van der Waals surface area contributed by atoms with E-state index in [1.165, 1.54) is 6.08 Å². The van der Waals surface area contributed by atoms with Gasteiger partial charge < -0.3 is 10.1 Å². The lowest BCUT2D eigenvalue weighted by molar-refractivity contribution is -0.137. The number of ether oxygens (including phenoxy) is 1. The summed E-state index contributed by atoms with van der Waals surface area (Å²) in [5.41, 5.74) is 0.554. The number of hydrogen-bond acceptors (Lipinski definition) is 3. The van der Waals surface area contributed by atoms with Gasteiger partial charge in [-0.15, -0.1) is 0 Å². The Morgan fingerprint density at radius 2 is 2.50 bits per heavy atom. The molecule has 1 amide bonds. The van der Waals surface area contributed by atoms with Gasteiger partial charge in [0.05, 0.1) is 6.61 Å². The van der Waals surface area contributed by atoms with Crippen molar-refractivity contribution in [2.24, 2.45) is 0 Å². The van der Waals surface area contributed by atoms with Crippen molar-refractivity contribution in [1.82, 2.24) is 5.32 Å².